The quantitative estimate of drug-likeness (QED) is 0.873. The largest absolute Gasteiger partial charge is 0.342 e. The van der Waals surface area contributed by atoms with Crippen LogP contribution in [-0.2, 0) is 5.54 Å². The van der Waals surface area contributed by atoms with Crippen molar-refractivity contribution in [3.8, 4) is 0 Å². The van der Waals surface area contributed by atoms with E-state index in [1.165, 1.54) is 0 Å². The van der Waals surface area contributed by atoms with Crippen molar-refractivity contribution in [3.63, 3.8) is 0 Å². The number of hydrogen-bond acceptors (Lipinski definition) is 4. The molecule has 0 radical (unpaired) electrons. The molecule has 1 aliphatic rings. The maximum atomic E-state index is 12.3. The number of rotatable bonds is 1. The highest BCUT2D eigenvalue weighted by molar-refractivity contribution is 5.74. The van der Waals surface area contributed by atoms with E-state index in [0.717, 1.165) is 31.8 Å². The van der Waals surface area contributed by atoms with Crippen molar-refractivity contribution in [3.05, 3.63) is 16.6 Å². The van der Waals surface area contributed by atoms with Crippen LogP contribution in [0.4, 0.5) is 5.95 Å². The highest BCUT2D eigenvalue weighted by Crippen LogP contribution is 2.22. The number of nitrogens with one attached hydrogen (secondary N) is 1. The number of H-pyrrole nitrogens is 1. The van der Waals surface area contributed by atoms with E-state index in [1.807, 2.05) is 4.68 Å². The Hall–Kier alpha value is -1.85. The zero-order valence-corrected chi connectivity index (χ0v) is 13.2. The molecule has 0 amide bonds. The van der Waals surface area contributed by atoms with Gasteiger partial charge in [0.25, 0.3) is 5.56 Å². The number of piperidine rings is 1. The third-order valence-corrected chi connectivity index (χ3v) is 4.14. The Morgan fingerprint density at radius 1 is 1.29 bits per heavy atom. The minimum absolute atomic E-state index is 0.107. The smallest absolute Gasteiger partial charge is 0.263 e. The maximum Gasteiger partial charge on any atom is 0.263 e. The van der Waals surface area contributed by atoms with E-state index in [4.69, 9.17) is 0 Å². The third kappa shape index (κ3) is 2.54. The van der Waals surface area contributed by atoms with Gasteiger partial charge in [-0.3, -0.25) is 9.78 Å². The molecule has 114 valence electrons. The fourth-order valence-electron chi connectivity index (χ4n) is 2.77. The topological polar surface area (TPSA) is 66.8 Å². The van der Waals surface area contributed by atoms with Gasteiger partial charge in [0.1, 0.15) is 5.39 Å². The number of aromatic nitrogens is 4. The Morgan fingerprint density at radius 3 is 2.57 bits per heavy atom. The van der Waals surface area contributed by atoms with Gasteiger partial charge in [0.15, 0.2) is 5.65 Å². The Bertz CT molecular complexity index is 701. The van der Waals surface area contributed by atoms with Crippen LogP contribution in [0.25, 0.3) is 11.0 Å². The van der Waals surface area contributed by atoms with E-state index in [9.17, 15) is 4.79 Å². The molecular weight excluding hydrogens is 266 g/mol. The monoisotopic (exact) mass is 289 g/mol. The summed E-state index contributed by atoms with van der Waals surface area (Å²) in [6.07, 6.45) is 3.88. The highest BCUT2D eigenvalue weighted by atomic mass is 16.1. The fourth-order valence-corrected chi connectivity index (χ4v) is 2.77. The lowest BCUT2D eigenvalue weighted by molar-refractivity contribution is 0.365. The minimum Gasteiger partial charge on any atom is -0.342 e. The van der Waals surface area contributed by atoms with Crippen molar-refractivity contribution in [2.45, 2.75) is 46.1 Å². The van der Waals surface area contributed by atoms with E-state index in [2.05, 4.69) is 47.7 Å². The fraction of sp³-hybridized carbons (Fsp3) is 0.667. The maximum absolute atomic E-state index is 12.3. The molecule has 3 rings (SSSR count). The van der Waals surface area contributed by atoms with Crippen LogP contribution in [0.15, 0.2) is 11.0 Å². The molecule has 0 bridgehead atoms. The van der Waals surface area contributed by atoms with Crippen LogP contribution in [0.2, 0.25) is 0 Å². The number of anilines is 1. The number of fused-ring (bicyclic) bond motifs is 1. The van der Waals surface area contributed by atoms with Gasteiger partial charge in [0.05, 0.1) is 11.7 Å². The summed E-state index contributed by atoms with van der Waals surface area (Å²) < 4.78 is 1.83. The lowest BCUT2D eigenvalue weighted by Gasteiger charge is -2.30. The summed E-state index contributed by atoms with van der Waals surface area (Å²) in [4.78, 5) is 22.0. The zero-order valence-electron chi connectivity index (χ0n) is 13.2. The molecule has 0 atom stereocenters. The number of aromatic amines is 1. The van der Waals surface area contributed by atoms with Crippen molar-refractivity contribution < 1.29 is 0 Å². The third-order valence-electron chi connectivity index (χ3n) is 4.14. The van der Waals surface area contributed by atoms with Crippen LogP contribution in [0.3, 0.4) is 0 Å². The first-order valence-electron chi connectivity index (χ1n) is 7.60. The predicted molar refractivity (Wildman–Crippen MR) is 83.8 cm³/mol. The molecule has 2 aromatic heterocycles. The molecule has 0 saturated carbocycles. The van der Waals surface area contributed by atoms with Crippen LogP contribution < -0.4 is 10.5 Å². The van der Waals surface area contributed by atoms with E-state index in [1.54, 1.807) is 6.20 Å². The second-order valence-electron chi connectivity index (χ2n) is 7.02. The molecule has 3 heterocycles. The van der Waals surface area contributed by atoms with Gasteiger partial charge >= 0.3 is 0 Å². The van der Waals surface area contributed by atoms with Gasteiger partial charge in [0, 0.05) is 13.1 Å². The molecule has 6 heteroatoms. The summed E-state index contributed by atoms with van der Waals surface area (Å²) in [5.74, 6) is 1.42. The molecule has 2 aromatic rings. The summed E-state index contributed by atoms with van der Waals surface area (Å²) in [7, 11) is 0. The second kappa shape index (κ2) is 4.86. The SMILES string of the molecule is CC1CCN(c2nc3c(cnn3C(C)(C)C)c(=O)[nH]2)CC1. The summed E-state index contributed by atoms with van der Waals surface area (Å²) in [6.45, 7) is 10.3. The molecule has 6 nitrogen and oxygen atoms in total. The first-order chi connectivity index (χ1) is 9.86. The average molecular weight is 289 g/mol. The normalized spacial score (nSPS) is 17.6. The molecule has 0 aliphatic carbocycles. The number of hydrogen-bond donors (Lipinski definition) is 1. The predicted octanol–water partition coefficient (Wildman–Crippen LogP) is 2.11. The van der Waals surface area contributed by atoms with Crippen LogP contribution in [-0.4, -0.2) is 32.8 Å². The summed E-state index contributed by atoms with van der Waals surface area (Å²) >= 11 is 0. The van der Waals surface area contributed by atoms with Crippen molar-refractivity contribution in [1.82, 2.24) is 19.7 Å². The standard InChI is InChI=1S/C15H23N5O/c1-10-5-7-19(8-6-10)14-17-12-11(13(21)18-14)9-16-20(12)15(2,3)4/h9-10H,5-8H2,1-4H3,(H,17,18,21). The molecule has 21 heavy (non-hydrogen) atoms. The van der Waals surface area contributed by atoms with E-state index < -0.39 is 0 Å². The molecule has 1 saturated heterocycles. The second-order valence-corrected chi connectivity index (χ2v) is 7.02. The zero-order chi connectivity index (χ0) is 15.2. The molecule has 1 fully saturated rings. The van der Waals surface area contributed by atoms with Gasteiger partial charge in [0.2, 0.25) is 5.95 Å². The van der Waals surface area contributed by atoms with Crippen molar-refractivity contribution in [1.29, 1.82) is 0 Å². The van der Waals surface area contributed by atoms with E-state index in [0.29, 0.717) is 17.0 Å². The van der Waals surface area contributed by atoms with Crippen molar-refractivity contribution in [2.75, 3.05) is 18.0 Å². The Kier molecular flexibility index (Phi) is 3.26. The van der Waals surface area contributed by atoms with Gasteiger partial charge in [-0.05, 0) is 39.5 Å². The number of nitrogens with zero attached hydrogens (tertiary/aromatic N) is 4. The Labute approximate surface area is 124 Å². The summed E-state index contributed by atoms with van der Waals surface area (Å²) in [5, 5.41) is 4.90. The van der Waals surface area contributed by atoms with Crippen LogP contribution >= 0.6 is 0 Å². The van der Waals surface area contributed by atoms with Gasteiger partial charge in [-0.1, -0.05) is 6.92 Å². The van der Waals surface area contributed by atoms with E-state index >= 15 is 0 Å². The highest BCUT2D eigenvalue weighted by Gasteiger charge is 2.22. The molecule has 0 spiro atoms. The molecule has 1 aliphatic heterocycles. The molecule has 0 unspecified atom stereocenters. The minimum atomic E-state index is -0.198. The van der Waals surface area contributed by atoms with Crippen LogP contribution in [0.1, 0.15) is 40.5 Å². The first-order valence-corrected chi connectivity index (χ1v) is 7.60. The van der Waals surface area contributed by atoms with Gasteiger partial charge in [-0.25, -0.2) is 4.68 Å². The lowest BCUT2D eigenvalue weighted by Crippen LogP contribution is -2.35. The summed E-state index contributed by atoms with van der Waals surface area (Å²) in [6, 6.07) is 0. The molecular formula is C15H23N5O. The van der Waals surface area contributed by atoms with Crippen molar-refractivity contribution >= 4 is 17.0 Å². The molecule has 1 N–H and O–H groups in total. The van der Waals surface area contributed by atoms with Gasteiger partial charge < -0.3 is 4.90 Å². The summed E-state index contributed by atoms with van der Waals surface area (Å²) in [5.41, 5.74) is 0.361. The van der Waals surface area contributed by atoms with Crippen LogP contribution in [0.5, 0.6) is 0 Å². The van der Waals surface area contributed by atoms with Crippen molar-refractivity contribution in [2.24, 2.45) is 5.92 Å². The van der Waals surface area contributed by atoms with Crippen LogP contribution in [0, 0.1) is 5.92 Å². The van der Waals surface area contributed by atoms with E-state index in [-0.39, 0.29) is 11.1 Å². The first kappa shape index (κ1) is 14.1. The average Bonchev–Trinajstić information content (AvgIpc) is 2.83. The van der Waals surface area contributed by atoms with Gasteiger partial charge in [-0.2, -0.15) is 10.1 Å². The Balaban J connectivity index is 2.07. The Morgan fingerprint density at radius 2 is 1.95 bits per heavy atom. The van der Waals surface area contributed by atoms with Gasteiger partial charge in [-0.15, -0.1) is 0 Å². The molecule has 0 aromatic carbocycles. The lowest BCUT2D eigenvalue weighted by atomic mass is 10.00.